The van der Waals surface area contributed by atoms with Crippen LogP contribution in [0.5, 0.6) is 0 Å². The van der Waals surface area contributed by atoms with Crippen molar-refractivity contribution in [3.05, 3.63) is 56.7 Å². The lowest BCUT2D eigenvalue weighted by molar-refractivity contribution is -0.386. The SMILES string of the molecule is CCc1ccc(-c2csc(NC(=O)Cn3nc(C)c([N+](=O)[O-])c3C)n2)cc1. The molecule has 1 aromatic carbocycles. The molecule has 0 unspecified atom stereocenters. The minimum absolute atomic E-state index is 0.0603. The summed E-state index contributed by atoms with van der Waals surface area (Å²) in [7, 11) is 0. The third-order valence-corrected chi connectivity index (χ3v) is 4.99. The van der Waals surface area contributed by atoms with Crippen LogP contribution < -0.4 is 5.32 Å². The molecule has 0 fully saturated rings. The molecular weight excluding hydrogens is 366 g/mol. The van der Waals surface area contributed by atoms with Crippen LogP contribution in [0.1, 0.15) is 23.9 Å². The van der Waals surface area contributed by atoms with Crippen molar-refractivity contribution in [2.75, 3.05) is 5.32 Å². The van der Waals surface area contributed by atoms with E-state index in [1.54, 1.807) is 13.8 Å². The summed E-state index contributed by atoms with van der Waals surface area (Å²) >= 11 is 1.33. The average Bonchev–Trinajstić information content (AvgIpc) is 3.19. The van der Waals surface area contributed by atoms with E-state index in [4.69, 9.17) is 0 Å². The Bertz CT molecular complexity index is 991. The van der Waals surface area contributed by atoms with E-state index in [0.29, 0.717) is 10.8 Å². The lowest BCUT2D eigenvalue weighted by Crippen LogP contribution is -2.20. The van der Waals surface area contributed by atoms with Crippen molar-refractivity contribution in [3.8, 4) is 11.3 Å². The van der Waals surface area contributed by atoms with E-state index >= 15 is 0 Å². The molecule has 9 heteroatoms. The van der Waals surface area contributed by atoms with Crippen molar-refractivity contribution in [2.45, 2.75) is 33.7 Å². The Labute approximate surface area is 160 Å². The van der Waals surface area contributed by atoms with E-state index in [-0.39, 0.29) is 23.8 Å². The maximum Gasteiger partial charge on any atom is 0.312 e. The van der Waals surface area contributed by atoms with Crippen molar-refractivity contribution in [3.63, 3.8) is 0 Å². The van der Waals surface area contributed by atoms with Crippen LogP contribution in [0.4, 0.5) is 10.8 Å². The monoisotopic (exact) mass is 385 g/mol. The Morgan fingerprint density at radius 1 is 1.30 bits per heavy atom. The van der Waals surface area contributed by atoms with Gasteiger partial charge in [-0.05, 0) is 25.8 Å². The number of amides is 1. The number of benzene rings is 1. The molecule has 0 saturated heterocycles. The zero-order valence-corrected chi connectivity index (χ0v) is 16.0. The Kier molecular flexibility index (Phi) is 5.31. The van der Waals surface area contributed by atoms with Crippen molar-refractivity contribution in [1.82, 2.24) is 14.8 Å². The number of aromatic nitrogens is 3. The van der Waals surface area contributed by atoms with Crippen LogP contribution in [0.2, 0.25) is 0 Å². The molecule has 3 rings (SSSR count). The molecule has 0 atom stereocenters. The smallest absolute Gasteiger partial charge is 0.300 e. The molecule has 3 aromatic rings. The van der Waals surface area contributed by atoms with Crippen LogP contribution >= 0.6 is 11.3 Å². The largest absolute Gasteiger partial charge is 0.312 e. The number of nitro groups is 1. The first-order valence-electron chi connectivity index (χ1n) is 8.42. The van der Waals surface area contributed by atoms with Gasteiger partial charge in [-0.1, -0.05) is 31.2 Å². The number of carbonyl (C=O) groups is 1. The highest BCUT2D eigenvalue weighted by molar-refractivity contribution is 7.14. The van der Waals surface area contributed by atoms with Gasteiger partial charge in [0.15, 0.2) is 5.13 Å². The van der Waals surface area contributed by atoms with Crippen molar-refractivity contribution < 1.29 is 9.72 Å². The van der Waals surface area contributed by atoms with E-state index in [1.807, 2.05) is 17.5 Å². The summed E-state index contributed by atoms with van der Waals surface area (Å²) in [6, 6.07) is 8.13. The van der Waals surface area contributed by atoms with Crippen molar-refractivity contribution in [1.29, 1.82) is 0 Å². The molecule has 1 amide bonds. The molecule has 8 nitrogen and oxygen atoms in total. The van der Waals surface area contributed by atoms with Gasteiger partial charge in [0.1, 0.15) is 17.9 Å². The summed E-state index contributed by atoms with van der Waals surface area (Å²) in [6.45, 7) is 5.12. The van der Waals surface area contributed by atoms with Gasteiger partial charge in [-0.2, -0.15) is 5.10 Å². The van der Waals surface area contributed by atoms with Gasteiger partial charge in [0.25, 0.3) is 0 Å². The van der Waals surface area contributed by atoms with Gasteiger partial charge in [-0.25, -0.2) is 4.98 Å². The molecule has 0 bridgehead atoms. The summed E-state index contributed by atoms with van der Waals surface area (Å²) in [5, 5.41) is 20.2. The van der Waals surface area contributed by atoms with Crippen LogP contribution in [0.15, 0.2) is 29.6 Å². The molecule has 0 saturated carbocycles. The first kappa shape index (κ1) is 18.7. The number of hydrogen-bond acceptors (Lipinski definition) is 6. The fraction of sp³-hybridized carbons (Fsp3) is 0.278. The second-order valence-electron chi connectivity index (χ2n) is 6.07. The zero-order chi connectivity index (χ0) is 19.6. The number of nitrogens with one attached hydrogen (secondary N) is 1. The van der Waals surface area contributed by atoms with E-state index in [1.165, 1.54) is 21.6 Å². The predicted octanol–water partition coefficient (Wildman–Crippen LogP) is 3.73. The summed E-state index contributed by atoms with van der Waals surface area (Å²) in [6.07, 6.45) is 0.975. The van der Waals surface area contributed by atoms with E-state index < -0.39 is 4.92 Å². The lowest BCUT2D eigenvalue weighted by atomic mass is 10.1. The molecule has 2 aromatic heterocycles. The normalized spacial score (nSPS) is 10.8. The number of thiazole rings is 1. The number of rotatable bonds is 6. The van der Waals surface area contributed by atoms with E-state index in [2.05, 4.69) is 34.5 Å². The molecule has 0 aliphatic rings. The van der Waals surface area contributed by atoms with Gasteiger partial charge in [0.05, 0.1) is 10.6 Å². The summed E-state index contributed by atoms with van der Waals surface area (Å²) in [4.78, 5) is 27.3. The van der Waals surface area contributed by atoms with E-state index in [9.17, 15) is 14.9 Å². The number of hydrogen-bond donors (Lipinski definition) is 1. The Morgan fingerprint density at radius 3 is 2.59 bits per heavy atom. The van der Waals surface area contributed by atoms with Crippen LogP contribution in [0, 0.1) is 24.0 Å². The molecule has 140 valence electrons. The molecular formula is C18H19N5O3S. The molecule has 0 aliphatic heterocycles. The second-order valence-corrected chi connectivity index (χ2v) is 6.93. The highest BCUT2D eigenvalue weighted by Crippen LogP contribution is 2.26. The minimum Gasteiger partial charge on any atom is -0.300 e. The fourth-order valence-electron chi connectivity index (χ4n) is 2.78. The first-order chi connectivity index (χ1) is 12.9. The van der Waals surface area contributed by atoms with Crippen molar-refractivity contribution >= 4 is 28.1 Å². The predicted molar refractivity (Wildman–Crippen MR) is 104 cm³/mol. The molecule has 0 aliphatic carbocycles. The van der Waals surface area contributed by atoms with Crippen LogP contribution in [0.3, 0.4) is 0 Å². The molecule has 27 heavy (non-hydrogen) atoms. The van der Waals surface area contributed by atoms with Crippen LogP contribution in [-0.2, 0) is 17.8 Å². The van der Waals surface area contributed by atoms with Gasteiger partial charge in [-0.3, -0.25) is 19.6 Å². The Hall–Kier alpha value is -3.07. The number of nitrogens with zero attached hydrogens (tertiary/aromatic N) is 4. The third-order valence-electron chi connectivity index (χ3n) is 4.23. The lowest BCUT2D eigenvalue weighted by Gasteiger charge is -2.03. The Morgan fingerprint density at radius 2 is 2.00 bits per heavy atom. The highest BCUT2D eigenvalue weighted by atomic mass is 32.1. The number of anilines is 1. The topological polar surface area (TPSA) is 103 Å². The minimum atomic E-state index is -0.483. The van der Waals surface area contributed by atoms with Gasteiger partial charge >= 0.3 is 5.69 Å². The maximum absolute atomic E-state index is 12.3. The second kappa shape index (κ2) is 7.67. The molecule has 0 spiro atoms. The quantitative estimate of drug-likeness (QED) is 0.514. The fourth-order valence-corrected chi connectivity index (χ4v) is 3.51. The van der Waals surface area contributed by atoms with Crippen LogP contribution in [-0.4, -0.2) is 25.6 Å². The first-order valence-corrected chi connectivity index (χ1v) is 9.30. The van der Waals surface area contributed by atoms with Gasteiger partial charge < -0.3 is 5.32 Å². The maximum atomic E-state index is 12.3. The van der Waals surface area contributed by atoms with Gasteiger partial charge in [-0.15, -0.1) is 11.3 Å². The molecule has 0 radical (unpaired) electrons. The van der Waals surface area contributed by atoms with Gasteiger partial charge in [0.2, 0.25) is 5.91 Å². The molecule has 2 heterocycles. The summed E-state index contributed by atoms with van der Waals surface area (Å²) < 4.78 is 1.33. The Balaban J connectivity index is 1.69. The third kappa shape index (κ3) is 4.03. The highest BCUT2D eigenvalue weighted by Gasteiger charge is 2.23. The van der Waals surface area contributed by atoms with Crippen molar-refractivity contribution in [2.24, 2.45) is 0 Å². The van der Waals surface area contributed by atoms with Gasteiger partial charge in [0, 0.05) is 10.9 Å². The summed E-state index contributed by atoms with van der Waals surface area (Å²) in [5.74, 6) is -0.335. The zero-order valence-electron chi connectivity index (χ0n) is 15.2. The van der Waals surface area contributed by atoms with Crippen LogP contribution in [0.25, 0.3) is 11.3 Å². The average molecular weight is 385 g/mol. The summed E-state index contributed by atoms with van der Waals surface area (Å²) in [5.41, 5.74) is 3.61. The number of aryl methyl sites for hydroxylation is 2. The standard InChI is InChI=1S/C18H19N5O3S/c1-4-13-5-7-14(8-6-13)15-10-27-18(19-15)20-16(24)9-22-12(3)17(23(25)26)11(2)21-22/h5-8,10H,4,9H2,1-3H3,(H,19,20,24). The molecule has 1 N–H and O–H groups in total. The number of carbonyl (C=O) groups excluding carboxylic acids is 1. The van der Waals surface area contributed by atoms with E-state index in [0.717, 1.165) is 17.7 Å².